The van der Waals surface area contributed by atoms with Gasteiger partial charge in [0.15, 0.2) is 11.5 Å². The summed E-state index contributed by atoms with van der Waals surface area (Å²) in [4.78, 5) is 14.7. The summed E-state index contributed by atoms with van der Waals surface area (Å²) in [6.07, 6.45) is 0. The lowest BCUT2D eigenvalue weighted by Crippen LogP contribution is -2.26. The molecule has 3 aromatic rings. The Hall–Kier alpha value is -3.54. The van der Waals surface area contributed by atoms with Crippen molar-refractivity contribution >= 4 is 17.3 Å². The molecule has 0 aliphatic carbocycles. The molecule has 1 amide bonds. The summed E-state index contributed by atoms with van der Waals surface area (Å²) in [7, 11) is 1.75. The normalized spacial score (nSPS) is 11.9. The van der Waals surface area contributed by atoms with Gasteiger partial charge in [-0.15, -0.1) is 0 Å². The van der Waals surface area contributed by atoms with Crippen LogP contribution in [0.4, 0.5) is 15.8 Å². The molecule has 0 saturated carbocycles. The SMILES string of the molecule is CN(Cc1ccc2c(c1)OCO2)C(=O)c1ccccc1Nc1ccc(F)cc1. The number of ether oxygens (including phenoxy) is 2. The van der Waals surface area contributed by atoms with Gasteiger partial charge in [0, 0.05) is 19.3 Å². The van der Waals surface area contributed by atoms with E-state index >= 15 is 0 Å². The number of rotatable bonds is 5. The van der Waals surface area contributed by atoms with Gasteiger partial charge in [-0.25, -0.2) is 4.39 Å². The second kappa shape index (κ2) is 7.60. The smallest absolute Gasteiger partial charge is 0.256 e. The van der Waals surface area contributed by atoms with E-state index in [4.69, 9.17) is 9.47 Å². The standard InChI is InChI=1S/C22H19FN2O3/c1-25(13-15-6-11-20-21(12-15)28-14-27-20)22(26)18-4-2-3-5-19(18)24-17-9-7-16(23)8-10-17/h2-12,24H,13-14H2,1H3. The molecule has 0 fully saturated rings. The van der Waals surface area contributed by atoms with Gasteiger partial charge in [0.2, 0.25) is 6.79 Å². The zero-order valence-corrected chi connectivity index (χ0v) is 15.3. The Bertz CT molecular complexity index is 1000. The predicted octanol–water partition coefficient (Wildman–Crippen LogP) is 4.57. The van der Waals surface area contributed by atoms with Crippen LogP contribution in [0.15, 0.2) is 66.7 Å². The first kappa shape index (κ1) is 17.9. The fraction of sp³-hybridized carbons (Fsp3) is 0.136. The number of carbonyl (C=O) groups is 1. The van der Waals surface area contributed by atoms with Gasteiger partial charge in [-0.3, -0.25) is 4.79 Å². The Balaban J connectivity index is 1.51. The van der Waals surface area contributed by atoms with Gasteiger partial charge in [0.1, 0.15) is 5.82 Å². The Morgan fingerprint density at radius 1 is 1.04 bits per heavy atom. The summed E-state index contributed by atoms with van der Waals surface area (Å²) < 4.78 is 23.8. The molecule has 0 aromatic heterocycles. The molecule has 1 aliphatic heterocycles. The number of hydrogen-bond donors (Lipinski definition) is 1. The lowest BCUT2D eigenvalue weighted by atomic mass is 10.1. The van der Waals surface area contributed by atoms with Gasteiger partial charge in [0.05, 0.1) is 11.3 Å². The summed E-state index contributed by atoms with van der Waals surface area (Å²) in [5.41, 5.74) is 2.86. The summed E-state index contributed by atoms with van der Waals surface area (Å²) in [5.74, 6) is 0.976. The van der Waals surface area contributed by atoms with Crippen LogP contribution in [0.2, 0.25) is 0 Å². The number of para-hydroxylation sites is 1. The average molecular weight is 378 g/mol. The third kappa shape index (κ3) is 3.76. The van der Waals surface area contributed by atoms with Gasteiger partial charge in [-0.05, 0) is 54.1 Å². The molecule has 28 heavy (non-hydrogen) atoms. The first-order valence-corrected chi connectivity index (χ1v) is 8.86. The molecule has 0 saturated heterocycles. The molecule has 0 atom stereocenters. The average Bonchev–Trinajstić information content (AvgIpc) is 3.17. The van der Waals surface area contributed by atoms with Crippen LogP contribution in [0, 0.1) is 5.82 Å². The number of nitrogens with one attached hydrogen (secondary N) is 1. The first-order valence-electron chi connectivity index (χ1n) is 8.86. The number of halogens is 1. The molecule has 0 spiro atoms. The summed E-state index contributed by atoms with van der Waals surface area (Å²) in [6.45, 7) is 0.649. The van der Waals surface area contributed by atoms with E-state index in [0.717, 1.165) is 5.56 Å². The zero-order valence-electron chi connectivity index (χ0n) is 15.3. The molecule has 3 aromatic carbocycles. The highest BCUT2D eigenvalue weighted by atomic mass is 19.1. The van der Waals surface area contributed by atoms with Crippen LogP contribution in [-0.2, 0) is 6.54 Å². The maximum atomic E-state index is 13.1. The number of hydrogen-bond acceptors (Lipinski definition) is 4. The number of benzene rings is 3. The van der Waals surface area contributed by atoms with Crippen LogP contribution in [0.1, 0.15) is 15.9 Å². The molecule has 5 nitrogen and oxygen atoms in total. The highest BCUT2D eigenvalue weighted by Crippen LogP contribution is 2.33. The highest BCUT2D eigenvalue weighted by molar-refractivity contribution is 6.00. The van der Waals surface area contributed by atoms with Crippen LogP contribution < -0.4 is 14.8 Å². The molecular weight excluding hydrogens is 359 g/mol. The van der Waals surface area contributed by atoms with Gasteiger partial charge in [-0.2, -0.15) is 0 Å². The van der Waals surface area contributed by atoms with Crippen molar-refractivity contribution in [2.75, 3.05) is 19.2 Å². The van der Waals surface area contributed by atoms with E-state index < -0.39 is 0 Å². The maximum Gasteiger partial charge on any atom is 0.256 e. The van der Waals surface area contributed by atoms with Crippen LogP contribution >= 0.6 is 0 Å². The van der Waals surface area contributed by atoms with E-state index in [-0.39, 0.29) is 18.5 Å². The largest absolute Gasteiger partial charge is 0.454 e. The van der Waals surface area contributed by atoms with Crippen LogP contribution in [0.3, 0.4) is 0 Å². The number of nitrogens with zero attached hydrogens (tertiary/aromatic N) is 1. The predicted molar refractivity (Wildman–Crippen MR) is 104 cm³/mol. The van der Waals surface area contributed by atoms with E-state index in [1.165, 1.54) is 12.1 Å². The van der Waals surface area contributed by atoms with Crippen LogP contribution in [0.5, 0.6) is 11.5 Å². The molecule has 1 heterocycles. The quantitative estimate of drug-likeness (QED) is 0.707. The zero-order chi connectivity index (χ0) is 19.5. The fourth-order valence-corrected chi connectivity index (χ4v) is 3.06. The van der Waals surface area contributed by atoms with Gasteiger partial charge >= 0.3 is 0 Å². The molecule has 4 rings (SSSR count). The van der Waals surface area contributed by atoms with E-state index in [1.54, 1.807) is 30.1 Å². The van der Waals surface area contributed by atoms with Crippen molar-refractivity contribution in [3.8, 4) is 11.5 Å². The Morgan fingerprint density at radius 2 is 1.79 bits per heavy atom. The minimum Gasteiger partial charge on any atom is -0.454 e. The third-order valence-corrected chi connectivity index (χ3v) is 4.48. The molecule has 1 N–H and O–H groups in total. The number of fused-ring (bicyclic) bond motifs is 1. The molecule has 142 valence electrons. The maximum absolute atomic E-state index is 13.1. The fourth-order valence-electron chi connectivity index (χ4n) is 3.06. The molecule has 0 bridgehead atoms. The second-order valence-corrected chi connectivity index (χ2v) is 6.53. The van der Waals surface area contributed by atoms with Crippen molar-refractivity contribution in [1.29, 1.82) is 0 Å². The number of amides is 1. The van der Waals surface area contributed by atoms with Gasteiger partial charge < -0.3 is 19.7 Å². The highest BCUT2D eigenvalue weighted by Gasteiger charge is 2.18. The summed E-state index contributed by atoms with van der Waals surface area (Å²) in [6, 6.07) is 18.9. The van der Waals surface area contributed by atoms with Crippen molar-refractivity contribution < 1.29 is 18.7 Å². The third-order valence-electron chi connectivity index (χ3n) is 4.48. The lowest BCUT2D eigenvalue weighted by Gasteiger charge is -2.20. The molecule has 0 unspecified atom stereocenters. The molecule has 1 aliphatic rings. The Kier molecular flexibility index (Phi) is 4.85. The van der Waals surface area contributed by atoms with E-state index in [2.05, 4.69) is 5.32 Å². The molecule has 0 radical (unpaired) electrons. The molecule has 6 heteroatoms. The lowest BCUT2D eigenvalue weighted by molar-refractivity contribution is 0.0786. The van der Waals surface area contributed by atoms with Crippen molar-refractivity contribution in [2.45, 2.75) is 6.54 Å². The second-order valence-electron chi connectivity index (χ2n) is 6.53. The van der Waals surface area contributed by atoms with Gasteiger partial charge in [0.25, 0.3) is 5.91 Å². The van der Waals surface area contributed by atoms with Crippen molar-refractivity contribution in [1.82, 2.24) is 4.90 Å². The van der Waals surface area contributed by atoms with E-state index in [0.29, 0.717) is 35.0 Å². The number of anilines is 2. The topological polar surface area (TPSA) is 50.8 Å². The van der Waals surface area contributed by atoms with Crippen LogP contribution in [-0.4, -0.2) is 24.6 Å². The first-order chi connectivity index (χ1) is 13.6. The van der Waals surface area contributed by atoms with Crippen LogP contribution in [0.25, 0.3) is 0 Å². The Morgan fingerprint density at radius 3 is 2.61 bits per heavy atom. The summed E-state index contributed by atoms with van der Waals surface area (Å²) in [5, 5.41) is 3.18. The van der Waals surface area contributed by atoms with Crippen molar-refractivity contribution in [3.05, 3.63) is 83.7 Å². The monoisotopic (exact) mass is 378 g/mol. The van der Waals surface area contributed by atoms with Crippen molar-refractivity contribution in [2.24, 2.45) is 0 Å². The Labute approximate surface area is 162 Å². The van der Waals surface area contributed by atoms with Gasteiger partial charge in [-0.1, -0.05) is 18.2 Å². The summed E-state index contributed by atoms with van der Waals surface area (Å²) >= 11 is 0. The minimum absolute atomic E-state index is 0.122. The van der Waals surface area contributed by atoms with E-state index in [1.807, 2.05) is 36.4 Å². The van der Waals surface area contributed by atoms with E-state index in [9.17, 15) is 9.18 Å². The minimum atomic E-state index is -0.307. The molecular formula is C22H19FN2O3. The van der Waals surface area contributed by atoms with Crippen molar-refractivity contribution in [3.63, 3.8) is 0 Å². The number of carbonyl (C=O) groups excluding carboxylic acids is 1.